The smallest absolute Gasteiger partial charge is 0.188 e. The monoisotopic (exact) mass is 289 g/mol. The number of benzene rings is 1. The van der Waals surface area contributed by atoms with E-state index in [1.165, 1.54) is 32.1 Å². The topological polar surface area (TPSA) is 67.5 Å². The molecule has 0 atom stereocenters. The number of hydrogen-bond acceptors (Lipinski definition) is 2. The fourth-order valence-electron chi connectivity index (χ4n) is 2.06. The van der Waals surface area contributed by atoms with Gasteiger partial charge in [-0.15, -0.1) is 0 Å². The summed E-state index contributed by atoms with van der Waals surface area (Å²) < 4.78 is 0. The van der Waals surface area contributed by atoms with Crippen molar-refractivity contribution in [1.82, 2.24) is 5.32 Å². The van der Waals surface area contributed by atoms with Crippen LogP contribution >= 0.6 is 0 Å². The van der Waals surface area contributed by atoms with Crippen molar-refractivity contribution in [3.63, 3.8) is 0 Å². The van der Waals surface area contributed by atoms with Crippen LogP contribution in [0.1, 0.15) is 61.4 Å². The molecule has 0 spiro atoms. The van der Waals surface area contributed by atoms with Crippen molar-refractivity contribution in [2.24, 2.45) is 10.7 Å². The van der Waals surface area contributed by atoms with Crippen LogP contribution < -0.4 is 11.1 Å². The van der Waals surface area contributed by atoms with Crippen LogP contribution in [-0.4, -0.2) is 18.8 Å². The van der Waals surface area contributed by atoms with Crippen LogP contribution in [0.5, 0.6) is 0 Å². The number of guanidine groups is 1. The summed E-state index contributed by atoms with van der Waals surface area (Å²) in [5.74, 6) is 0.489. The first kappa shape index (κ1) is 17.2. The van der Waals surface area contributed by atoms with E-state index in [1.807, 2.05) is 12.1 Å². The minimum absolute atomic E-state index is 0.489. The Morgan fingerprint density at radius 2 is 1.81 bits per heavy atom. The molecule has 0 unspecified atom stereocenters. The maximum Gasteiger partial charge on any atom is 0.188 e. The van der Waals surface area contributed by atoms with Gasteiger partial charge in [0.1, 0.15) is 6.29 Å². The summed E-state index contributed by atoms with van der Waals surface area (Å²) in [6.45, 7) is 3.64. The zero-order valence-electron chi connectivity index (χ0n) is 13.0. The summed E-state index contributed by atoms with van der Waals surface area (Å²) in [4.78, 5) is 14.8. The Morgan fingerprint density at radius 3 is 2.48 bits per heavy atom. The maximum absolute atomic E-state index is 10.6. The fourth-order valence-corrected chi connectivity index (χ4v) is 2.06. The zero-order chi connectivity index (χ0) is 15.3. The van der Waals surface area contributed by atoms with Crippen molar-refractivity contribution in [2.45, 2.75) is 52.0 Å². The molecule has 21 heavy (non-hydrogen) atoms. The number of aldehydes is 1. The van der Waals surface area contributed by atoms with Gasteiger partial charge in [-0.3, -0.25) is 4.79 Å². The van der Waals surface area contributed by atoms with Gasteiger partial charge in [0.2, 0.25) is 0 Å². The van der Waals surface area contributed by atoms with Crippen molar-refractivity contribution in [2.75, 3.05) is 6.54 Å². The van der Waals surface area contributed by atoms with E-state index in [4.69, 9.17) is 5.73 Å². The highest BCUT2D eigenvalue weighted by Crippen LogP contribution is 2.05. The minimum atomic E-state index is 0.489. The van der Waals surface area contributed by atoms with Gasteiger partial charge in [-0.1, -0.05) is 63.3 Å². The summed E-state index contributed by atoms with van der Waals surface area (Å²) in [7, 11) is 0. The average molecular weight is 289 g/mol. The van der Waals surface area contributed by atoms with E-state index >= 15 is 0 Å². The molecular weight excluding hydrogens is 262 g/mol. The summed E-state index contributed by atoms with van der Waals surface area (Å²) in [5.41, 5.74) is 7.55. The molecule has 0 saturated heterocycles. The second kappa shape index (κ2) is 10.9. The van der Waals surface area contributed by atoms with Crippen molar-refractivity contribution in [3.8, 4) is 0 Å². The molecule has 0 fully saturated rings. The highest BCUT2D eigenvalue weighted by atomic mass is 16.1. The summed E-state index contributed by atoms with van der Waals surface area (Å²) in [5, 5.41) is 3.14. The lowest BCUT2D eigenvalue weighted by atomic mass is 10.1. The molecule has 1 aromatic carbocycles. The molecule has 4 heteroatoms. The van der Waals surface area contributed by atoms with Gasteiger partial charge in [-0.05, 0) is 12.0 Å². The second-order valence-electron chi connectivity index (χ2n) is 5.26. The molecule has 0 aliphatic rings. The largest absolute Gasteiger partial charge is 0.370 e. The summed E-state index contributed by atoms with van der Waals surface area (Å²) >= 11 is 0. The van der Waals surface area contributed by atoms with E-state index in [-0.39, 0.29) is 0 Å². The van der Waals surface area contributed by atoms with Crippen molar-refractivity contribution >= 4 is 12.2 Å². The Kier molecular flexibility index (Phi) is 8.93. The first-order valence-electron chi connectivity index (χ1n) is 7.84. The predicted octanol–water partition coefficient (Wildman–Crippen LogP) is 3.26. The first-order valence-corrected chi connectivity index (χ1v) is 7.84. The third-order valence-electron chi connectivity index (χ3n) is 3.38. The van der Waals surface area contributed by atoms with Crippen LogP contribution in [0.15, 0.2) is 29.3 Å². The zero-order valence-corrected chi connectivity index (χ0v) is 13.0. The van der Waals surface area contributed by atoms with Gasteiger partial charge in [0.05, 0.1) is 6.54 Å². The number of nitrogens with one attached hydrogen (secondary N) is 1. The lowest BCUT2D eigenvalue weighted by molar-refractivity contribution is 0.112. The van der Waals surface area contributed by atoms with E-state index in [0.29, 0.717) is 18.1 Å². The van der Waals surface area contributed by atoms with Crippen LogP contribution in [-0.2, 0) is 6.54 Å². The van der Waals surface area contributed by atoms with Gasteiger partial charge in [0.15, 0.2) is 5.96 Å². The van der Waals surface area contributed by atoms with E-state index in [1.54, 1.807) is 12.1 Å². The van der Waals surface area contributed by atoms with Crippen LogP contribution in [0, 0.1) is 0 Å². The number of nitrogens with zero attached hydrogens (tertiary/aromatic N) is 1. The quantitative estimate of drug-likeness (QED) is 0.301. The number of nitrogens with two attached hydrogens (primary N) is 1. The Morgan fingerprint density at radius 1 is 1.14 bits per heavy atom. The Balaban J connectivity index is 2.16. The van der Waals surface area contributed by atoms with Crippen LogP contribution in [0.3, 0.4) is 0 Å². The van der Waals surface area contributed by atoms with Gasteiger partial charge >= 0.3 is 0 Å². The molecule has 0 heterocycles. The Labute approximate surface area is 127 Å². The Bertz CT molecular complexity index is 426. The molecule has 0 bridgehead atoms. The summed E-state index contributed by atoms with van der Waals surface area (Å²) in [6.07, 6.45) is 8.46. The van der Waals surface area contributed by atoms with Crippen molar-refractivity contribution in [1.29, 1.82) is 0 Å². The Hall–Kier alpha value is -1.84. The molecule has 0 aliphatic carbocycles. The first-order chi connectivity index (χ1) is 10.3. The molecule has 0 aromatic heterocycles. The second-order valence-corrected chi connectivity index (χ2v) is 5.26. The standard InChI is InChI=1S/C17H27N3O/c1-2-3-4-5-6-7-12-19-17(18)20-13-15-8-10-16(14-21)11-9-15/h8-11,14H,2-7,12-13H2,1H3,(H3,18,19,20). The molecule has 3 N–H and O–H groups in total. The lowest BCUT2D eigenvalue weighted by Crippen LogP contribution is -2.32. The molecule has 0 aliphatic heterocycles. The summed E-state index contributed by atoms with van der Waals surface area (Å²) in [6, 6.07) is 7.37. The van der Waals surface area contributed by atoms with E-state index in [0.717, 1.165) is 24.8 Å². The number of hydrogen-bond donors (Lipinski definition) is 2. The SMILES string of the molecule is CCCCCCCCNC(N)=NCc1ccc(C=O)cc1. The van der Waals surface area contributed by atoms with Gasteiger partial charge in [-0.25, -0.2) is 4.99 Å². The highest BCUT2D eigenvalue weighted by Gasteiger charge is 1.95. The third-order valence-corrected chi connectivity index (χ3v) is 3.38. The van der Waals surface area contributed by atoms with E-state index < -0.39 is 0 Å². The van der Waals surface area contributed by atoms with Crippen LogP contribution in [0.2, 0.25) is 0 Å². The van der Waals surface area contributed by atoms with Crippen molar-refractivity contribution in [3.05, 3.63) is 35.4 Å². The van der Waals surface area contributed by atoms with E-state index in [9.17, 15) is 4.79 Å². The lowest BCUT2D eigenvalue weighted by Gasteiger charge is -2.05. The average Bonchev–Trinajstić information content (AvgIpc) is 2.52. The number of carbonyl (C=O) groups excluding carboxylic acids is 1. The third kappa shape index (κ3) is 8.12. The molecule has 116 valence electrons. The molecular formula is C17H27N3O. The number of carbonyl (C=O) groups is 1. The van der Waals surface area contributed by atoms with Crippen LogP contribution in [0.4, 0.5) is 0 Å². The van der Waals surface area contributed by atoms with Gasteiger partial charge in [0, 0.05) is 12.1 Å². The number of aliphatic imine (C=N–C) groups is 1. The molecule has 1 rings (SSSR count). The van der Waals surface area contributed by atoms with Gasteiger partial charge in [-0.2, -0.15) is 0 Å². The number of unbranched alkanes of at least 4 members (excludes halogenated alkanes) is 5. The van der Waals surface area contributed by atoms with Crippen LogP contribution in [0.25, 0.3) is 0 Å². The highest BCUT2D eigenvalue weighted by molar-refractivity contribution is 5.77. The number of rotatable bonds is 10. The maximum atomic E-state index is 10.6. The molecule has 0 saturated carbocycles. The predicted molar refractivity (Wildman–Crippen MR) is 88.5 cm³/mol. The van der Waals surface area contributed by atoms with Gasteiger partial charge < -0.3 is 11.1 Å². The fraction of sp³-hybridized carbons (Fsp3) is 0.529. The van der Waals surface area contributed by atoms with Crippen molar-refractivity contribution < 1.29 is 4.79 Å². The molecule has 1 aromatic rings. The normalized spacial score (nSPS) is 11.4. The molecule has 4 nitrogen and oxygen atoms in total. The molecule has 0 radical (unpaired) electrons. The van der Waals surface area contributed by atoms with Gasteiger partial charge in [0.25, 0.3) is 0 Å². The molecule has 0 amide bonds. The van der Waals surface area contributed by atoms with E-state index in [2.05, 4.69) is 17.2 Å². The minimum Gasteiger partial charge on any atom is -0.370 e.